The smallest absolute Gasteiger partial charge is 0.308 e. The highest BCUT2D eigenvalue weighted by atomic mass is 35.5. The lowest BCUT2D eigenvalue weighted by molar-refractivity contribution is -0.143. The average Bonchev–Trinajstić information content (AvgIpc) is 2.42. The highest BCUT2D eigenvalue weighted by Gasteiger charge is 2.31. The molecule has 0 aliphatic heterocycles. The molecule has 6 heteroatoms. The van der Waals surface area contributed by atoms with Crippen LogP contribution in [-0.2, 0) is 4.79 Å². The number of carbonyl (C=O) groups is 2. The zero-order valence-corrected chi connectivity index (χ0v) is 12.2. The normalized spacial score (nSPS) is 22.3. The van der Waals surface area contributed by atoms with Crippen molar-refractivity contribution in [3.63, 3.8) is 0 Å². The van der Waals surface area contributed by atoms with Gasteiger partial charge in [-0.25, -0.2) is 0 Å². The number of carboxylic acid groups (broad SMARTS) is 1. The Morgan fingerprint density at radius 3 is 2.50 bits per heavy atom. The highest BCUT2D eigenvalue weighted by molar-refractivity contribution is 6.42. The quantitative estimate of drug-likeness (QED) is 0.898. The summed E-state index contributed by atoms with van der Waals surface area (Å²) in [5.74, 6) is -1.69. The van der Waals surface area contributed by atoms with Gasteiger partial charge in [-0.1, -0.05) is 36.0 Å². The van der Waals surface area contributed by atoms with Crippen LogP contribution in [0.15, 0.2) is 18.2 Å². The fourth-order valence-corrected chi connectivity index (χ4v) is 2.79. The third-order valence-corrected chi connectivity index (χ3v) is 4.32. The zero-order valence-electron chi connectivity index (χ0n) is 10.7. The molecule has 0 aromatic heterocycles. The lowest BCUT2D eigenvalue weighted by Gasteiger charge is -2.29. The first kappa shape index (κ1) is 15.1. The summed E-state index contributed by atoms with van der Waals surface area (Å²) in [7, 11) is 0. The Morgan fingerprint density at radius 2 is 1.85 bits per heavy atom. The molecule has 2 rings (SSSR count). The standard InChI is InChI=1S/C14H15Cl2NO3/c15-10-6-5-8(7-11(10)16)13(18)17-12-4-2-1-3-9(12)14(19)20/h5-7,9,12H,1-4H2,(H,17,18)(H,19,20). The van der Waals surface area contributed by atoms with Gasteiger partial charge in [-0.2, -0.15) is 0 Å². The third kappa shape index (κ3) is 3.44. The monoisotopic (exact) mass is 315 g/mol. The van der Waals surface area contributed by atoms with Crippen LogP contribution in [0.2, 0.25) is 10.0 Å². The summed E-state index contributed by atoms with van der Waals surface area (Å²) in [4.78, 5) is 23.3. The average molecular weight is 316 g/mol. The Hall–Kier alpha value is -1.26. The number of hydrogen-bond acceptors (Lipinski definition) is 2. The van der Waals surface area contributed by atoms with Crippen LogP contribution in [0, 0.1) is 5.92 Å². The van der Waals surface area contributed by atoms with E-state index in [4.69, 9.17) is 23.2 Å². The summed E-state index contributed by atoms with van der Waals surface area (Å²) < 4.78 is 0. The number of carboxylic acids is 1. The Balaban J connectivity index is 2.09. The van der Waals surface area contributed by atoms with Crippen molar-refractivity contribution in [2.24, 2.45) is 5.92 Å². The lowest BCUT2D eigenvalue weighted by atomic mass is 9.84. The van der Waals surface area contributed by atoms with Gasteiger partial charge < -0.3 is 10.4 Å². The molecule has 0 spiro atoms. The summed E-state index contributed by atoms with van der Waals surface area (Å²) in [5, 5.41) is 12.7. The van der Waals surface area contributed by atoms with E-state index in [-0.39, 0.29) is 11.9 Å². The first-order chi connectivity index (χ1) is 9.49. The van der Waals surface area contributed by atoms with Crippen molar-refractivity contribution in [1.82, 2.24) is 5.32 Å². The number of nitrogens with one attached hydrogen (secondary N) is 1. The molecule has 4 nitrogen and oxygen atoms in total. The van der Waals surface area contributed by atoms with Crippen molar-refractivity contribution in [2.75, 3.05) is 0 Å². The Morgan fingerprint density at radius 1 is 1.15 bits per heavy atom. The van der Waals surface area contributed by atoms with Crippen LogP contribution >= 0.6 is 23.2 Å². The number of rotatable bonds is 3. The van der Waals surface area contributed by atoms with E-state index in [1.807, 2.05) is 0 Å². The van der Waals surface area contributed by atoms with E-state index < -0.39 is 11.9 Å². The predicted octanol–water partition coefficient (Wildman–Crippen LogP) is 3.37. The summed E-state index contributed by atoms with van der Waals surface area (Å²) in [5.41, 5.74) is 0.383. The summed E-state index contributed by atoms with van der Waals surface area (Å²) in [6.07, 6.45) is 3.10. The van der Waals surface area contributed by atoms with Gasteiger partial charge in [0.15, 0.2) is 0 Å². The Bertz CT molecular complexity index is 533. The summed E-state index contributed by atoms with van der Waals surface area (Å²) >= 11 is 11.7. The van der Waals surface area contributed by atoms with Gasteiger partial charge in [-0.3, -0.25) is 9.59 Å². The minimum atomic E-state index is -0.857. The maximum atomic E-state index is 12.1. The molecule has 1 aliphatic rings. The summed E-state index contributed by atoms with van der Waals surface area (Å²) in [6, 6.07) is 4.28. The maximum absolute atomic E-state index is 12.1. The van der Waals surface area contributed by atoms with E-state index in [9.17, 15) is 14.7 Å². The van der Waals surface area contributed by atoms with E-state index in [0.717, 1.165) is 12.8 Å². The second-order valence-corrected chi connectivity index (χ2v) is 5.75. The molecule has 0 radical (unpaired) electrons. The van der Waals surface area contributed by atoms with Gasteiger partial charge in [0.05, 0.1) is 16.0 Å². The molecule has 0 saturated heterocycles. The van der Waals surface area contributed by atoms with Crippen molar-refractivity contribution in [2.45, 2.75) is 31.7 Å². The van der Waals surface area contributed by atoms with Crippen LogP contribution in [0.1, 0.15) is 36.0 Å². The van der Waals surface area contributed by atoms with Crippen LogP contribution < -0.4 is 5.32 Å². The number of halogens is 2. The molecule has 1 fully saturated rings. The van der Waals surface area contributed by atoms with E-state index >= 15 is 0 Å². The Labute approximate surface area is 127 Å². The zero-order chi connectivity index (χ0) is 14.7. The lowest BCUT2D eigenvalue weighted by Crippen LogP contribution is -2.45. The van der Waals surface area contributed by atoms with Gasteiger partial charge in [-0.05, 0) is 31.0 Å². The number of amides is 1. The second-order valence-electron chi connectivity index (χ2n) is 4.94. The molecule has 2 atom stereocenters. The maximum Gasteiger partial charge on any atom is 0.308 e. The minimum Gasteiger partial charge on any atom is -0.481 e. The van der Waals surface area contributed by atoms with Crippen LogP contribution in [0.5, 0.6) is 0 Å². The SMILES string of the molecule is O=C(NC1CCCCC1C(=O)O)c1ccc(Cl)c(Cl)c1. The minimum absolute atomic E-state index is 0.303. The molecule has 1 amide bonds. The van der Waals surface area contributed by atoms with Crippen LogP contribution in [0.3, 0.4) is 0 Å². The molecule has 2 N–H and O–H groups in total. The third-order valence-electron chi connectivity index (χ3n) is 3.58. The van der Waals surface area contributed by atoms with Crippen LogP contribution in [0.4, 0.5) is 0 Å². The summed E-state index contributed by atoms with van der Waals surface area (Å²) in [6.45, 7) is 0. The number of benzene rings is 1. The van der Waals surface area contributed by atoms with Gasteiger partial charge in [0.25, 0.3) is 5.91 Å². The van der Waals surface area contributed by atoms with Crippen molar-refractivity contribution in [1.29, 1.82) is 0 Å². The molecule has 2 unspecified atom stereocenters. The molecule has 1 aromatic carbocycles. The van der Waals surface area contributed by atoms with Crippen molar-refractivity contribution in [3.05, 3.63) is 33.8 Å². The molecule has 0 bridgehead atoms. The van der Waals surface area contributed by atoms with Crippen molar-refractivity contribution >= 4 is 35.1 Å². The number of hydrogen-bond donors (Lipinski definition) is 2. The molecular weight excluding hydrogens is 301 g/mol. The van der Waals surface area contributed by atoms with E-state index in [2.05, 4.69) is 5.32 Å². The number of carbonyl (C=O) groups excluding carboxylic acids is 1. The van der Waals surface area contributed by atoms with Crippen LogP contribution in [0.25, 0.3) is 0 Å². The predicted molar refractivity (Wildman–Crippen MR) is 77.3 cm³/mol. The van der Waals surface area contributed by atoms with Gasteiger partial charge in [0.1, 0.15) is 0 Å². The second kappa shape index (κ2) is 6.46. The number of aliphatic carboxylic acids is 1. The van der Waals surface area contributed by atoms with Gasteiger partial charge in [0.2, 0.25) is 0 Å². The molecule has 0 heterocycles. The fraction of sp³-hybridized carbons (Fsp3) is 0.429. The van der Waals surface area contributed by atoms with Gasteiger partial charge >= 0.3 is 5.97 Å². The molecule has 1 saturated carbocycles. The van der Waals surface area contributed by atoms with E-state index in [1.54, 1.807) is 12.1 Å². The molecule has 1 aromatic rings. The van der Waals surface area contributed by atoms with Crippen LogP contribution in [-0.4, -0.2) is 23.0 Å². The first-order valence-corrected chi connectivity index (χ1v) is 7.23. The van der Waals surface area contributed by atoms with E-state index in [0.29, 0.717) is 28.5 Å². The molecular formula is C14H15Cl2NO3. The molecule has 1 aliphatic carbocycles. The largest absolute Gasteiger partial charge is 0.481 e. The first-order valence-electron chi connectivity index (χ1n) is 6.48. The van der Waals surface area contributed by atoms with Crippen molar-refractivity contribution in [3.8, 4) is 0 Å². The van der Waals surface area contributed by atoms with E-state index in [1.165, 1.54) is 6.07 Å². The topological polar surface area (TPSA) is 66.4 Å². The highest BCUT2D eigenvalue weighted by Crippen LogP contribution is 2.26. The Kier molecular flexibility index (Phi) is 4.89. The molecule has 108 valence electrons. The van der Waals surface area contributed by atoms with Crippen molar-refractivity contribution < 1.29 is 14.7 Å². The molecule has 20 heavy (non-hydrogen) atoms. The van der Waals surface area contributed by atoms with Gasteiger partial charge in [0, 0.05) is 11.6 Å². The van der Waals surface area contributed by atoms with Gasteiger partial charge in [-0.15, -0.1) is 0 Å². The fourth-order valence-electron chi connectivity index (χ4n) is 2.49.